The van der Waals surface area contributed by atoms with Gasteiger partial charge in [-0.2, -0.15) is 0 Å². The fourth-order valence-corrected chi connectivity index (χ4v) is 7.37. The van der Waals surface area contributed by atoms with Crippen molar-refractivity contribution in [2.75, 3.05) is 9.80 Å². The lowest BCUT2D eigenvalue weighted by molar-refractivity contribution is 0.631. The Balaban J connectivity index is 1.28. The summed E-state index contributed by atoms with van der Waals surface area (Å²) in [7, 11) is 0. The molecule has 1 aliphatic rings. The van der Waals surface area contributed by atoms with Gasteiger partial charge in [0.25, 0.3) is 0 Å². The largest absolute Gasteiger partial charge is 0.310 e. The first-order valence-corrected chi connectivity index (χ1v) is 17.2. The molecule has 0 unspecified atom stereocenters. The molecule has 0 bridgehead atoms. The van der Waals surface area contributed by atoms with E-state index < -0.39 is 0 Å². The van der Waals surface area contributed by atoms with E-state index in [1.807, 2.05) is 0 Å². The van der Waals surface area contributed by atoms with Crippen LogP contribution in [0.15, 0.2) is 180 Å². The number of hydrogen-bond donors (Lipinski definition) is 0. The Kier molecular flexibility index (Phi) is 7.70. The highest BCUT2D eigenvalue weighted by molar-refractivity contribution is 9.10. The van der Waals surface area contributed by atoms with Crippen molar-refractivity contribution in [2.24, 2.45) is 0 Å². The SMILES string of the molecule is CC1(C)c2cc(Br)ccc2N(c2ccccc2)c2ccc(N(c3ccc(-c4ccccc4)cc3)c3ccc(-c4ccccc4)cc3)cc21. The molecule has 1 aliphatic heterocycles. The zero-order chi connectivity index (χ0) is 32.7. The topological polar surface area (TPSA) is 6.48 Å². The Bertz CT molecular complexity index is 2110. The summed E-state index contributed by atoms with van der Waals surface area (Å²) in [6.45, 7) is 4.69. The Morgan fingerprint density at radius 2 is 0.854 bits per heavy atom. The average molecular weight is 684 g/mol. The summed E-state index contributed by atoms with van der Waals surface area (Å²) in [5, 5.41) is 0. The van der Waals surface area contributed by atoms with Crippen molar-refractivity contribution in [2.45, 2.75) is 19.3 Å². The van der Waals surface area contributed by atoms with Crippen molar-refractivity contribution in [3.05, 3.63) is 192 Å². The van der Waals surface area contributed by atoms with Gasteiger partial charge in [0.2, 0.25) is 0 Å². The second kappa shape index (κ2) is 12.3. The van der Waals surface area contributed by atoms with E-state index in [2.05, 4.69) is 216 Å². The van der Waals surface area contributed by atoms with E-state index in [-0.39, 0.29) is 5.41 Å². The zero-order valence-corrected chi connectivity index (χ0v) is 28.6. The Morgan fingerprint density at radius 1 is 0.438 bits per heavy atom. The molecule has 0 spiro atoms. The van der Waals surface area contributed by atoms with E-state index in [0.717, 1.165) is 27.2 Å². The Labute approximate surface area is 291 Å². The van der Waals surface area contributed by atoms with Crippen LogP contribution < -0.4 is 9.80 Å². The monoisotopic (exact) mass is 682 g/mol. The van der Waals surface area contributed by atoms with Crippen LogP contribution in [0.2, 0.25) is 0 Å². The van der Waals surface area contributed by atoms with E-state index in [9.17, 15) is 0 Å². The molecule has 0 radical (unpaired) electrons. The fourth-order valence-electron chi connectivity index (χ4n) is 7.01. The molecule has 48 heavy (non-hydrogen) atoms. The highest BCUT2D eigenvalue weighted by Gasteiger charge is 2.37. The van der Waals surface area contributed by atoms with E-state index >= 15 is 0 Å². The molecule has 2 nitrogen and oxygen atoms in total. The highest BCUT2D eigenvalue weighted by Crippen LogP contribution is 2.53. The van der Waals surface area contributed by atoms with Gasteiger partial charge < -0.3 is 9.80 Å². The van der Waals surface area contributed by atoms with Crippen molar-refractivity contribution in [3.63, 3.8) is 0 Å². The van der Waals surface area contributed by atoms with Gasteiger partial charge in [0.15, 0.2) is 0 Å². The number of benzene rings is 7. The molecule has 0 N–H and O–H groups in total. The van der Waals surface area contributed by atoms with Crippen LogP contribution in [0.5, 0.6) is 0 Å². The molecular weight excluding hydrogens is 648 g/mol. The first kappa shape index (κ1) is 30.0. The molecule has 0 atom stereocenters. The smallest absolute Gasteiger partial charge is 0.0504 e. The van der Waals surface area contributed by atoms with E-state index in [1.165, 1.54) is 44.8 Å². The summed E-state index contributed by atoms with van der Waals surface area (Å²) in [5.74, 6) is 0. The molecule has 0 aromatic heterocycles. The predicted octanol–water partition coefficient (Wildman–Crippen LogP) is 13.4. The third kappa shape index (κ3) is 5.40. The summed E-state index contributed by atoms with van der Waals surface area (Å²) >= 11 is 3.78. The zero-order valence-electron chi connectivity index (χ0n) is 27.0. The first-order valence-electron chi connectivity index (χ1n) is 16.4. The fraction of sp³-hybridized carbons (Fsp3) is 0.0667. The number of hydrogen-bond acceptors (Lipinski definition) is 2. The molecule has 232 valence electrons. The van der Waals surface area contributed by atoms with Gasteiger partial charge in [0.05, 0.1) is 11.4 Å². The van der Waals surface area contributed by atoms with E-state index in [0.29, 0.717) is 0 Å². The highest BCUT2D eigenvalue weighted by atomic mass is 79.9. The molecule has 0 aliphatic carbocycles. The van der Waals surface area contributed by atoms with Crippen LogP contribution in [0.3, 0.4) is 0 Å². The second-order valence-corrected chi connectivity index (χ2v) is 13.7. The number of para-hydroxylation sites is 1. The third-order valence-electron chi connectivity index (χ3n) is 9.51. The summed E-state index contributed by atoms with van der Waals surface area (Å²) in [6.07, 6.45) is 0. The Hall–Kier alpha value is -5.38. The maximum atomic E-state index is 3.78. The van der Waals surface area contributed by atoms with Gasteiger partial charge >= 0.3 is 0 Å². The van der Waals surface area contributed by atoms with Gasteiger partial charge in [-0.25, -0.2) is 0 Å². The van der Waals surface area contributed by atoms with E-state index in [1.54, 1.807) is 0 Å². The van der Waals surface area contributed by atoms with Gasteiger partial charge in [-0.3, -0.25) is 0 Å². The molecule has 0 fully saturated rings. The number of fused-ring (bicyclic) bond motifs is 2. The lowest BCUT2D eigenvalue weighted by Gasteiger charge is -2.43. The normalized spacial score (nSPS) is 13.0. The van der Waals surface area contributed by atoms with Crippen LogP contribution >= 0.6 is 15.9 Å². The molecule has 0 amide bonds. The molecule has 8 rings (SSSR count). The van der Waals surface area contributed by atoms with Gasteiger partial charge in [-0.15, -0.1) is 0 Å². The minimum atomic E-state index is -0.240. The average Bonchev–Trinajstić information content (AvgIpc) is 3.14. The summed E-state index contributed by atoms with van der Waals surface area (Å²) in [4.78, 5) is 4.78. The van der Waals surface area contributed by atoms with Gasteiger partial charge in [-0.05, 0) is 106 Å². The molecule has 7 aromatic carbocycles. The lowest BCUT2D eigenvalue weighted by atomic mass is 9.73. The van der Waals surface area contributed by atoms with Gasteiger partial charge in [0, 0.05) is 32.6 Å². The van der Waals surface area contributed by atoms with E-state index in [4.69, 9.17) is 0 Å². The van der Waals surface area contributed by atoms with Crippen molar-refractivity contribution in [3.8, 4) is 22.3 Å². The van der Waals surface area contributed by atoms with Crippen LogP contribution in [0.1, 0.15) is 25.0 Å². The Morgan fingerprint density at radius 3 is 1.38 bits per heavy atom. The molecule has 1 heterocycles. The van der Waals surface area contributed by atoms with Gasteiger partial charge in [-0.1, -0.05) is 133 Å². The van der Waals surface area contributed by atoms with Crippen molar-refractivity contribution in [1.29, 1.82) is 0 Å². The van der Waals surface area contributed by atoms with Gasteiger partial charge in [0.1, 0.15) is 0 Å². The predicted molar refractivity (Wildman–Crippen MR) is 207 cm³/mol. The number of halogens is 1. The molecular formula is C45H35BrN2. The quantitative estimate of drug-likeness (QED) is 0.172. The molecule has 0 saturated heterocycles. The third-order valence-corrected chi connectivity index (χ3v) is 10.00. The summed E-state index contributed by atoms with van der Waals surface area (Å²) in [5.41, 5.74) is 14.0. The first-order chi connectivity index (χ1) is 23.5. The molecule has 7 aromatic rings. The number of anilines is 6. The second-order valence-electron chi connectivity index (χ2n) is 12.8. The standard InChI is InChI=1S/C45H35BrN2/c1-45(2)41-30-36(46)22-28-43(41)48(37-16-10-5-11-17-37)44-29-27-40(31-42(44)45)47(38-23-18-34(19-24-38)32-12-6-3-7-13-32)39-25-20-35(21-26-39)33-14-8-4-9-15-33/h3-31H,1-2H3. The van der Waals surface area contributed by atoms with Crippen molar-refractivity contribution >= 4 is 50.1 Å². The lowest BCUT2D eigenvalue weighted by Crippen LogP contribution is -2.31. The van der Waals surface area contributed by atoms with Crippen LogP contribution in [-0.2, 0) is 5.41 Å². The van der Waals surface area contributed by atoms with Crippen LogP contribution in [-0.4, -0.2) is 0 Å². The summed E-state index contributed by atoms with van der Waals surface area (Å²) < 4.78 is 1.08. The molecule has 0 saturated carbocycles. The minimum absolute atomic E-state index is 0.240. The minimum Gasteiger partial charge on any atom is -0.310 e. The maximum absolute atomic E-state index is 3.78. The van der Waals surface area contributed by atoms with Crippen molar-refractivity contribution in [1.82, 2.24) is 0 Å². The molecule has 3 heteroatoms. The van der Waals surface area contributed by atoms with Crippen LogP contribution in [0.4, 0.5) is 34.1 Å². The van der Waals surface area contributed by atoms with Crippen LogP contribution in [0.25, 0.3) is 22.3 Å². The van der Waals surface area contributed by atoms with Crippen molar-refractivity contribution < 1.29 is 0 Å². The summed E-state index contributed by atoms with van der Waals surface area (Å²) in [6, 6.07) is 63.3. The number of nitrogens with zero attached hydrogens (tertiary/aromatic N) is 2. The maximum Gasteiger partial charge on any atom is 0.0504 e. The van der Waals surface area contributed by atoms with Crippen LogP contribution in [0, 0.1) is 0 Å². The number of rotatable bonds is 6.